The Morgan fingerprint density at radius 3 is 2.55 bits per heavy atom. The van der Waals surface area contributed by atoms with Crippen LogP contribution in [-0.4, -0.2) is 25.5 Å². The lowest BCUT2D eigenvalue weighted by molar-refractivity contribution is 0.214. The number of rotatable bonds is 6. The van der Waals surface area contributed by atoms with Crippen LogP contribution < -0.4 is 10.0 Å². The van der Waals surface area contributed by atoms with Crippen LogP contribution >= 0.6 is 11.6 Å². The van der Waals surface area contributed by atoms with Gasteiger partial charge in [0.2, 0.25) is 10.0 Å². The first-order valence-electron chi connectivity index (χ1n) is 6.86. The number of hydrogen-bond donors (Lipinski definition) is 2. The van der Waals surface area contributed by atoms with Crippen LogP contribution in [0.1, 0.15) is 39.5 Å². The molecule has 1 aliphatic carbocycles. The predicted molar refractivity (Wildman–Crippen MR) is 80.6 cm³/mol. The molecular weight excluding hydrogens is 298 g/mol. The lowest BCUT2D eigenvalue weighted by atomic mass is 9.76. The van der Waals surface area contributed by atoms with E-state index in [1.807, 2.05) is 13.8 Å². The Labute approximate surface area is 125 Å². The van der Waals surface area contributed by atoms with E-state index in [4.69, 9.17) is 11.6 Å². The van der Waals surface area contributed by atoms with Crippen molar-refractivity contribution in [1.82, 2.24) is 9.71 Å². The first kappa shape index (κ1) is 15.5. The third-order valence-corrected chi connectivity index (χ3v) is 5.64. The number of pyridine rings is 1. The molecule has 1 aromatic rings. The summed E-state index contributed by atoms with van der Waals surface area (Å²) in [7, 11) is -3.57. The molecule has 0 saturated heterocycles. The van der Waals surface area contributed by atoms with Gasteiger partial charge in [-0.3, -0.25) is 0 Å². The zero-order valence-electron chi connectivity index (χ0n) is 11.7. The summed E-state index contributed by atoms with van der Waals surface area (Å²) in [6.45, 7) is 4.60. The van der Waals surface area contributed by atoms with E-state index in [1.165, 1.54) is 12.3 Å². The Kier molecular flexibility index (Phi) is 4.56. The molecule has 0 aromatic carbocycles. The number of nitrogens with one attached hydrogen (secondary N) is 2. The van der Waals surface area contributed by atoms with E-state index in [0.717, 1.165) is 25.7 Å². The molecule has 1 fully saturated rings. The van der Waals surface area contributed by atoms with Gasteiger partial charge in [0.15, 0.2) is 0 Å². The second-order valence-electron chi connectivity index (χ2n) is 5.12. The third kappa shape index (κ3) is 3.07. The van der Waals surface area contributed by atoms with Crippen LogP contribution in [0, 0.1) is 0 Å². The number of anilines is 1. The molecule has 2 N–H and O–H groups in total. The Bertz CT molecular complexity index is 580. The molecule has 1 aliphatic rings. The fourth-order valence-corrected chi connectivity index (χ4v) is 4.14. The van der Waals surface area contributed by atoms with Gasteiger partial charge in [0.1, 0.15) is 10.7 Å². The van der Waals surface area contributed by atoms with Crippen molar-refractivity contribution < 1.29 is 8.42 Å². The largest absolute Gasteiger partial charge is 0.369 e. The number of aromatic nitrogens is 1. The summed E-state index contributed by atoms with van der Waals surface area (Å²) in [6, 6.07) is 1.44. The van der Waals surface area contributed by atoms with Crippen molar-refractivity contribution in [3.63, 3.8) is 0 Å². The molecule has 1 heterocycles. The van der Waals surface area contributed by atoms with Gasteiger partial charge in [-0.15, -0.1) is 0 Å². The van der Waals surface area contributed by atoms with Crippen LogP contribution in [0.3, 0.4) is 0 Å². The van der Waals surface area contributed by atoms with Gasteiger partial charge in [-0.25, -0.2) is 18.1 Å². The maximum absolute atomic E-state index is 12.4. The van der Waals surface area contributed by atoms with Crippen molar-refractivity contribution in [2.24, 2.45) is 0 Å². The van der Waals surface area contributed by atoms with Crippen LogP contribution in [0.2, 0.25) is 5.02 Å². The van der Waals surface area contributed by atoms with Crippen molar-refractivity contribution in [2.75, 3.05) is 11.9 Å². The Balaban J connectivity index is 2.23. The Morgan fingerprint density at radius 2 is 2.10 bits per heavy atom. The lowest BCUT2D eigenvalue weighted by Crippen LogP contribution is -2.52. The van der Waals surface area contributed by atoms with E-state index in [2.05, 4.69) is 15.0 Å². The molecule has 0 bridgehead atoms. The molecule has 0 spiro atoms. The summed E-state index contributed by atoms with van der Waals surface area (Å²) < 4.78 is 27.6. The quantitative estimate of drug-likeness (QED) is 0.846. The number of hydrogen-bond acceptors (Lipinski definition) is 4. The highest BCUT2D eigenvalue weighted by Gasteiger charge is 2.39. The first-order chi connectivity index (χ1) is 9.42. The maximum Gasteiger partial charge on any atom is 0.242 e. The van der Waals surface area contributed by atoms with Gasteiger partial charge in [0, 0.05) is 18.3 Å². The molecule has 5 nitrogen and oxygen atoms in total. The predicted octanol–water partition coefficient (Wildman–Crippen LogP) is 2.78. The normalized spacial score (nSPS) is 17.6. The fraction of sp³-hybridized carbons (Fsp3) is 0.615. The van der Waals surface area contributed by atoms with E-state index in [-0.39, 0.29) is 10.4 Å². The third-order valence-electron chi connectivity index (χ3n) is 3.81. The van der Waals surface area contributed by atoms with Gasteiger partial charge in [-0.2, -0.15) is 0 Å². The Hall–Kier alpha value is -0.850. The van der Waals surface area contributed by atoms with Crippen LogP contribution in [0.15, 0.2) is 17.2 Å². The van der Waals surface area contributed by atoms with Gasteiger partial charge in [-0.1, -0.05) is 18.5 Å². The SMILES string of the molecule is CCNc1ncc(S(=O)(=O)NC2(CC)CCC2)cc1Cl. The minimum absolute atomic E-state index is 0.115. The van der Waals surface area contributed by atoms with Crippen LogP contribution in [-0.2, 0) is 10.0 Å². The highest BCUT2D eigenvalue weighted by atomic mass is 35.5. The van der Waals surface area contributed by atoms with E-state index in [9.17, 15) is 8.42 Å². The van der Waals surface area contributed by atoms with Crippen molar-refractivity contribution in [3.05, 3.63) is 17.3 Å². The second-order valence-corrected chi connectivity index (χ2v) is 7.21. The second kappa shape index (κ2) is 5.87. The molecule has 0 aliphatic heterocycles. The molecule has 0 amide bonds. The number of nitrogens with zero attached hydrogens (tertiary/aromatic N) is 1. The minimum Gasteiger partial charge on any atom is -0.369 e. The molecule has 0 radical (unpaired) electrons. The molecule has 1 aromatic heterocycles. The fourth-order valence-electron chi connectivity index (χ4n) is 2.34. The summed E-state index contributed by atoms with van der Waals surface area (Å²) in [5.41, 5.74) is -0.286. The summed E-state index contributed by atoms with van der Waals surface area (Å²) in [5.74, 6) is 0.502. The molecule has 20 heavy (non-hydrogen) atoms. The van der Waals surface area contributed by atoms with Gasteiger partial charge < -0.3 is 5.32 Å². The zero-order valence-corrected chi connectivity index (χ0v) is 13.3. The number of halogens is 1. The van der Waals surface area contributed by atoms with Gasteiger partial charge >= 0.3 is 0 Å². The highest BCUT2D eigenvalue weighted by Crippen LogP contribution is 2.36. The average molecular weight is 318 g/mol. The van der Waals surface area contributed by atoms with Crippen molar-refractivity contribution in [3.8, 4) is 0 Å². The van der Waals surface area contributed by atoms with E-state index < -0.39 is 10.0 Å². The van der Waals surface area contributed by atoms with Crippen molar-refractivity contribution in [2.45, 2.75) is 50.0 Å². The molecule has 0 atom stereocenters. The highest BCUT2D eigenvalue weighted by molar-refractivity contribution is 7.89. The van der Waals surface area contributed by atoms with E-state index in [0.29, 0.717) is 17.4 Å². The van der Waals surface area contributed by atoms with Crippen LogP contribution in [0.4, 0.5) is 5.82 Å². The Morgan fingerprint density at radius 1 is 1.40 bits per heavy atom. The lowest BCUT2D eigenvalue weighted by Gasteiger charge is -2.41. The van der Waals surface area contributed by atoms with Gasteiger partial charge in [0.25, 0.3) is 0 Å². The van der Waals surface area contributed by atoms with Crippen molar-refractivity contribution >= 4 is 27.4 Å². The van der Waals surface area contributed by atoms with E-state index >= 15 is 0 Å². The number of sulfonamides is 1. The summed E-state index contributed by atoms with van der Waals surface area (Å²) in [4.78, 5) is 4.19. The van der Waals surface area contributed by atoms with E-state index in [1.54, 1.807) is 0 Å². The molecule has 1 saturated carbocycles. The summed E-state index contributed by atoms with van der Waals surface area (Å²) in [6.07, 6.45) is 4.98. The minimum atomic E-state index is -3.57. The summed E-state index contributed by atoms with van der Waals surface area (Å²) >= 11 is 6.05. The van der Waals surface area contributed by atoms with Gasteiger partial charge in [0.05, 0.1) is 5.02 Å². The maximum atomic E-state index is 12.4. The van der Waals surface area contributed by atoms with Crippen molar-refractivity contribution in [1.29, 1.82) is 0 Å². The standard InChI is InChI=1S/C13H20ClN3O2S/c1-3-13(6-5-7-13)17-20(18,19)10-8-11(14)12(15-4-2)16-9-10/h8-9,17H,3-7H2,1-2H3,(H,15,16). The topological polar surface area (TPSA) is 71.1 Å². The first-order valence-corrected chi connectivity index (χ1v) is 8.72. The molecule has 7 heteroatoms. The van der Waals surface area contributed by atoms with Crippen LogP contribution in [0.5, 0.6) is 0 Å². The molecular formula is C13H20ClN3O2S. The molecule has 112 valence electrons. The van der Waals surface area contributed by atoms with Gasteiger partial charge in [-0.05, 0) is 38.7 Å². The summed E-state index contributed by atoms with van der Waals surface area (Å²) in [5, 5.41) is 3.29. The average Bonchev–Trinajstić information content (AvgIpc) is 2.36. The zero-order chi connectivity index (χ0) is 14.8. The molecule has 0 unspecified atom stereocenters. The van der Waals surface area contributed by atoms with Crippen LogP contribution in [0.25, 0.3) is 0 Å². The monoisotopic (exact) mass is 317 g/mol. The smallest absolute Gasteiger partial charge is 0.242 e. The molecule has 2 rings (SSSR count).